The summed E-state index contributed by atoms with van der Waals surface area (Å²) < 4.78 is 4.52. The summed E-state index contributed by atoms with van der Waals surface area (Å²) in [4.78, 5) is 11.2. The van der Waals surface area contributed by atoms with Crippen molar-refractivity contribution in [2.75, 3.05) is 6.61 Å². The van der Waals surface area contributed by atoms with Gasteiger partial charge in [0.15, 0.2) is 6.10 Å². The molecule has 4 atom stereocenters. The highest BCUT2D eigenvalue weighted by Gasteiger charge is 2.35. The van der Waals surface area contributed by atoms with Crippen LogP contribution in [0.25, 0.3) is 0 Å². The topological polar surface area (TPSA) is 107 Å². The van der Waals surface area contributed by atoms with E-state index in [0.29, 0.717) is 5.56 Å². The minimum Gasteiger partial charge on any atom is -0.464 e. The molecule has 0 heterocycles. The number of aliphatic hydroxyl groups is 4. The Balaban J connectivity index is 2.71. The summed E-state index contributed by atoms with van der Waals surface area (Å²) in [7, 11) is 0. The van der Waals surface area contributed by atoms with Gasteiger partial charge >= 0.3 is 5.97 Å². The fourth-order valence-electron chi connectivity index (χ4n) is 1.59. The molecule has 1 aromatic rings. The summed E-state index contributed by atoms with van der Waals surface area (Å²) in [5.41, 5.74) is 0.366. The molecule has 6 heteroatoms. The lowest BCUT2D eigenvalue weighted by atomic mass is 9.97. The maximum absolute atomic E-state index is 11.2. The number of esters is 1. The van der Waals surface area contributed by atoms with Gasteiger partial charge in [0.1, 0.15) is 18.3 Å². The monoisotopic (exact) mass is 270 g/mol. The maximum atomic E-state index is 11.2. The minimum atomic E-state index is -1.91. The molecule has 0 radical (unpaired) electrons. The summed E-state index contributed by atoms with van der Waals surface area (Å²) in [5, 5.41) is 38.7. The molecular formula is C13H18O6. The van der Waals surface area contributed by atoms with Crippen LogP contribution in [0, 0.1) is 0 Å². The Kier molecular flexibility index (Phi) is 5.91. The molecule has 6 nitrogen and oxygen atoms in total. The summed E-state index contributed by atoms with van der Waals surface area (Å²) in [6, 6.07) is 8.14. The number of hydrogen-bond acceptors (Lipinski definition) is 6. The Labute approximate surface area is 110 Å². The standard InChI is InChI=1S/C13H18O6/c1-2-19-13(18)12(17)11(16)10(15)9(14)8-6-4-3-5-7-8/h3-7,9-12,14-17H,2H2,1H3/t9-,10+,11-,12+/m0/s1. The molecule has 1 rings (SSSR count). The lowest BCUT2D eigenvalue weighted by Crippen LogP contribution is -2.45. The predicted molar refractivity (Wildman–Crippen MR) is 66.1 cm³/mol. The van der Waals surface area contributed by atoms with Crippen LogP contribution in [0.2, 0.25) is 0 Å². The first kappa shape index (κ1) is 15.6. The first-order valence-electron chi connectivity index (χ1n) is 5.92. The van der Waals surface area contributed by atoms with Crippen LogP contribution in [0.1, 0.15) is 18.6 Å². The highest BCUT2D eigenvalue weighted by Crippen LogP contribution is 2.20. The number of benzene rings is 1. The number of hydrogen-bond donors (Lipinski definition) is 4. The van der Waals surface area contributed by atoms with Crippen molar-refractivity contribution in [2.45, 2.75) is 31.3 Å². The average molecular weight is 270 g/mol. The molecule has 0 saturated carbocycles. The lowest BCUT2D eigenvalue weighted by molar-refractivity contribution is -0.168. The van der Waals surface area contributed by atoms with E-state index in [1.54, 1.807) is 37.3 Å². The second kappa shape index (κ2) is 7.20. The van der Waals surface area contributed by atoms with E-state index in [1.807, 2.05) is 0 Å². The smallest absolute Gasteiger partial charge is 0.337 e. The number of rotatable bonds is 6. The van der Waals surface area contributed by atoms with Crippen molar-refractivity contribution < 1.29 is 30.0 Å². The van der Waals surface area contributed by atoms with Crippen molar-refractivity contribution in [1.82, 2.24) is 0 Å². The van der Waals surface area contributed by atoms with Crippen molar-refractivity contribution in [3.8, 4) is 0 Å². The van der Waals surface area contributed by atoms with Gasteiger partial charge in [-0.15, -0.1) is 0 Å². The Bertz CT molecular complexity index is 393. The Morgan fingerprint density at radius 3 is 2.21 bits per heavy atom. The van der Waals surface area contributed by atoms with Gasteiger partial charge in [-0.25, -0.2) is 4.79 Å². The first-order valence-corrected chi connectivity index (χ1v) is 5.92. The Morgan fingerprint density at radius 1 is 1.11 bits per heavy atom. The van der Waals surface area contributed by atoms with Crippen LogP contribution in [0.3, 0.4) is 0 Å². The number of aliphatic hydroxyl groups excluding tert-OH is 4. The van der Waals surface area contributed by atoms with Crippen LogP contribution < -0.4 is 0 Å². The molecule has 4 N–H and O–H groups in total. The van der Waals surface area contributed by atoms with E-state index in [-0.39, 0.29) is 6.61 Å². The summed E-state index contributed by atoms with van der Waals surface area (Å²) in [5.74, 6) is -1.05. The molecule has 0 fully saturated rings. The fraction of sp³-hybridized carbons (Fsp3) is 0.462. The van der Waals surface area contributed by atoms with Gasteiger partial charge < -0.3 is 25.2 Å². The van der Waals surface area contributed by atoms with E-state index >= 15 is 0 Å². The molecule has 1 aromatic carbocycles. The van der Waals surface area contributed by atoms with Gasteiger partial charge in [0.2, 0.25) is 0 Å². The zero-order valence-electron chi connectivity index (χ0n) is 10.5. The Morgan fingerprint density at radius 2 is 1.68 bits per heavy atom. The predicted octanol–water partition coefficient (Wildman–Crippen LogP) is -0.634. The molecule has 0 aliphatic heterocycles. The number of carbonyl (C=O) groups excluding carboxylic acids is 1. The third-order valence-corrected chi connectivity index (χ3v) is 2.67. The van der Waals surface area contributed by atoms with E-state index in [1.165, 1.54) is 0 Å². The minimum absolute atomic E-state index is 0.0416. The van der Waals surface area contributed by atoms with Gasteiger partial charge in [-0.1, -0.05) is 30.3 Å². The number of ether oxygens (including phenoxy) is 1. The second-order valence-corrected chi connectivity index (χ2v) is 4.03. The highest BCUT2D eigenvalue weighted by atomic mass is 16.5. The second-order valence-electron chi connectivity index (χ2n) is 4.03. The fourth-order valence-corrected chi connectivity index (χ4v) is 1.59. The Hall–Kier alpha value is -1.47. The van der Waals surface area contributed by atoms with Crippen molar-refractivity contribution >= 4 is 5.97 Å². The van der Waals surface area contributed by atoms with E-state index < -0.39 is 30.4 Å². The van der Waals surface area contributed by atoms with Crippen LogP contribution in [-0.4, -0.2) is 51.3 Å². The number of carbonyl (C=O) groups is 1. The van der Waals surface area contributed by atoms with Crippen molar-refractivity contribution in [2.24, 2.45) is 0 Å². The summed E-state index contributed by atoms with van der Waals surface area (Å²) in [6.07, 6.45) is -6.87. The van der Waals surface area contributed by atoms with Crippen LogP contribution in [-0.2, 0) is 9.53 Å². The zero-order chi connectivity index (χ0) is 14.4. The first-order chi connectivity index (χ1) is 8.99. The van der Waals surface area contributed by atoms with Gasteiger partial charge in [-0.05, 0) is 12.5 Å². The molecule has 0 aliphatic carbocycles. The van der Waals surface area contributed by atoms with E-state index in [9.17, 15) is 25.2 Å². The molecule has 0 aliphatic rings. The van der Waals surface area contributed by atoms with Crippen LogP contribution in [0.4, 0.5) is 0 Å². The molecule has 0 saturated heterocycles. The third-order valence-electron chi connectivity index (χ3n) is 2.67. The van der Waals surface area contributed by atoms with Crippen molar-refractivity contribution in [1.29, 1.82) is 0 Å². The van der Waals surface area contributed by atoms with Crippen molar-refractivity contribution in [3.63, 3.8) is 0 Å². The summed E-state index contributed by atoms with van der Waals surface area (Å²) in [6.45, 7) is 1.59. The van der Waals surface area contributed by atoms with Crippen molar-refractivity contribution in [3.05, 3.63) is 35.9 Å². The van der Waals surface area contributed by atoms with Gasteiger partial charge in [-0.3, -0.25) is 0 Å². The maximum Gasteiger partial charge on any atom is 0.337 e. The van der Waals surface area contributed by atoms with E-state index in [0.717, 1.165) is 0 Å². The van der Waals surface area contributed by atoms with Crippen LogP contribution in [0.5, 0.6) is 0 Å². The summed E-state index contributed by atoms with van der Waals surface area (Å²) >= 11 is 0. The van der Waals surface area contributed by atoms with Crippen LogP contribution >= 0.6 is 0 Å². The van der Waals surface area contributed by atoms with E-state index in [2.05, 4.69) is 4.74 Å². The molecule has 0 aromatic heterocycles. The SMILES string of the molecule is CCOC(=O)[C@H](O)[C@@H](O)[C@H](O)[C@@H](O)c1ccccc1. The van der Waals surface area contributed by atoms with Gasteiger partial charge in [0, 0.05) is 0 Å². The molecule has 0 bridgehead atoms. The average Bonchev–Trinajstić information content (AvgIpc) is 2.45. The third kappa shape index (κ3) is 4.00. The molecular weight excluding hydrogens is 252 g/mol. The van der Waals surface area contributed by atoms with Gasteiger partial charge in [0.25, 0.3) is 0 Å². The molecule has 0 spiro atoms. The normalized spacial score (nSPS) is 17.3. The molecule has 106 valence electrons. The van der Waals surface area contributed by atoms with E-state index in [4.69, 9.17) is 0 Å². The molecule has 19 heavy (non-hydrogen) atoms. The largest absolute Gasteiger partial charge is 0.464 e. The lowest BCUT2D eigenvalue weighted by Gasteiger charge is -2.25. The highest BCUT2D eigenvalue weighted by molar-refractivity contribution is 5.75. The van der Waals surface area contributed by atoms with Gasteiger partial charge in [0.05, 0.1) is 6.61 Å². The molecule has 0 unspecified atom stereocenters. The quantitative estimate of drug-likeness (QED) is 0.512. The van der Waals surface area contributed by atoms with Gasteiger partial charge in [-0.2, -0.15) is 0 Å². The van der Waals surface area contributed by atoms with Crippen LogP contribution in [0.15, 0.2) is 30.3 Å². The molecule has 0 amide bonds. The zero-order valence-corrected chi connectivity index (χ0v) is 10.5.